The first-order chi connectivity index (χ1) is 13.9. The Morgan fingerprint density at radius 1 is 1.03 bits per heavy atom. The number of ether oxygens (including phenoxy) is 3. The van der Waals surface area contributed by atoms with Gasteiger partial charge in [-0.05, 0) is 34.9 Å². The first kappa shape index (κ1) is 22.0. The zero-order valence-corrected chi connectivity index (χ0v) is 16.7. The number of benzene rings is 2. The van der Waals surface area contributed by atoms with Crippen molar-refractivity contribution >= 4 is 35.7 Å². The van der Waals surface area contributed by atoms with E-state index in [-0.39, 0.29) is 18.9 Å². The van der Waals surface area contributed by atoms with Gasteiger partial charge in [-0.3, -0.25) is 10.1 Å². The van der Waals surface area contributed by atoms with Gasteiger partial charge in [0.1, 0.15) is 18.9 Å². The molecule has 1 amide bonds. The second kappa shape index (κ2) is 10.9. The van der Waals surface area contributed by atoms with Crippen molar-refractivity contribution in [1.29, 1.82) is 0 Å². The lowest BCUT2D eigenvalue weighted by Gasteiger charge is -2.11. The maximum atomic E-state index is 12.1. The van der Waals surface area contributed by atoms with Crippen LogP contribution in [0.15, 0.2) is 54.2 Å². The molecular formula is C21H20ClNO6. The van der Waals surface area contributed by atoms with Crippen LogP contribution >= 0.6 is 11.6 Å². The van der Waals surface area contributed by atoms with E-state index in [2.05, 4.69) is 5.32 Å². The van der Waals surface area contributed by atoms with Gasteiger partial charge >= 0.3 is 18.0 Å². The normalized spacial score (nSPS) is 10.8. The summed E-state index contributed by atoms with van der Waals surface area (Å²) in [5.41, 5.74) is 1.72. The van der Waals surface area contributed by atoms with E-state index in [1.54, 1.807) is 30.3 Å². The van der Waals surface area contributed by atoms with Crippen molar-refractivity contribution in [2.24, 2.45) is 0 Å². The molecule has 0 atom stereocenters. The Morgan fingerprint density at radius 3 is 2.41 bits per heavy atom. The number of carbonyl (C=O) groups is 3. The minimum absolute atomic E-state index is 0.0414. The molecule has 7 nitrogen and oxygen atoms in total. The van der Waals surface area contributed by atoms with E-state index < -0.39 is 18.0 Å². The van der Waals surface area contributed by atoms with E-state index in [0.717, 1.165) is 5.56 Å². The number of hydrogen-bond donors (Lipinski definition) is 1. The molecular weight excluding hydrogens is 398 g/mol. The number of nitrogens with one attached hydrogen (secondary N) is 1. The predicted octanol–water partition coefficient (Wildman–Crippen LogP) is 3.84. The number of halogens is 1. The first-order valence-corrected chi connectivity index (χ1v) is 8.96. The first-order valence-electron chi connectivity index (χ1n) is 8.58. The Balaban J connectivity index is 2.18. The molecule has 2 rings (SSSR count). The largest absolute Gasteiger partial charge is 0.464 e. The minimum Gasteiger partial charge on any atom is -0.464 e. The number of methoxy groups -OCH3 is 1. The number of alkyl carbamates (subject to hydrolysis) is 1. The number of carbonyl (C=O) groups excluding carboxylic acids is 3. The van der Waals surface area contributed by atoms with Gasteiger partial charge in [-0.25, -0.2) is 9.59 Å². The molecule has 29 heavy (non-hydrogen) atoms. The summed E-state index contributed by atoms with van der Waals surface area (Å²) in [6.45, 7) is 1.28. The standard InChI is InChI=1S/C21H20ClNO6/c1-14(24)28-13-17-10-18(22)9-8-16(17)11-19(20(25)27-2)23-21(26)29-12-15-6-4-3-5-7-15/h3-11H,12-13H2,1-2H3,(H,23,26)/b19-11+. The Labute approximate surface area is 173 Å². The van der Waals surface area contributed by atoms with Gasteiger partial charge < -0.3 is 14.2 Å². The average molecular weight is 418 g/mol. The molecule has 2 aromatic rings. The summed E-state index contributed by atoms with van der Waals surface area (Å²) in [7, 11) is 1.19. The van der Waals surface area contributed by atoms with E-state index in [9.17, 15) is 14.4 Å². The molecule has 0 bridgehead atoms. The number of hydrogen-bond acceptors (Lipinski definition) is 6. The van der Waals surface area contributed by atoms with Gasteiger partial charge in [-0.2, -0.15) is 0 Å². The summed E-state index contributed by atoms with van der Waals surface area (Å²) in [5, 5.41) is 2.81. The lowest BCUT2D eigenvalue weighted by atomic mass is 10.1. The second-order valence-electron chi connectivity index (χ2n) is 5.86. The van der Waals surface area contributed by atoms with E-state index in [0.29, 0.717) is 16.1 Å². The monoisotopic (exact) mass is 417 g/mol. The molecule has 0 unspecified atom stereocenters. The SMILES string of the molecule is COC(=O)/C(=C\c1ccc(Cl)cc1COC(C)=O)NC(=O)OCc1ccccc1. The van der Waals surface area contributed by atoms with Crippen molar-refractivity contribution in [3.05, 3.63) is 75.9 Å². The van der Waals surface area contributed by atoms with Crippen LogP contribution in [0.5, 0.6) is 0 Å². The Kier molecular flexibility index (Phi) is 8.24. The summed E-state index contributed by atoms with van der Waals surface area (Å²) < 4.78 is 14.9. The van der Waals surface area contributed by atoms with Crippen molar-refractivity contribution in [1.82, 2.24) is 5.32 Å². The van der Waals surface area contributed by atoms with Crippen LogP contribution in [0.2, 0.25) is 5.02 Å². The summed E-state index contributed by atoms with van der Waals surface area (Å²) in [6.07, 6.45) is 0.575. The molecule has 0 fully saturated rings. The van der Waals surface area contributed by atoms with Crippen LogP contribution in [0.1, 0.15) is 23.6 Å². The topological polar surface area (TPSA) is 90.9 Å². The molecule has 0 saturated heterocycles. The molecule has 0 spiro atoms. The average Bonchev–Trinajstić information content (AvgIpc) is 2.71. The van der Waals surface area contributed by atoms with Crippen LogP contribution in [-0.4, -0.2) is 25.1 Å². The molecule has 0 aliphatic heterocycles. The zero-order chi connectivity index (χ0) is 21.2. The van der Waals surface area contributed by atoms with Crippen molar-refractivity contribution in [2.75, 3.05) is 7.11 Å². The van der Waals surface area contributed by atoms with Crippen LogP contribution < -0.4 is 5.32 Å². The summed E-state index contributed by atoms with van der Waals surface area (Å²) >= 11 is 6.00. The molecule has 2 aromatic carbocycles. The van der Waals surface area contributed by atoms with Crippen LogP contribution in [0, 0.1) is 0 Å². The molecule has 0 radical (unpaired) electrons. The molecule has 0 aliphatic rings. The lowest BCUT2D eigenvalue weighted by Crippen LogP contribution is -2.28. The van der Waals surface area contributed by atoms with Crippen LogP contribution in [-0.2, 0) is 37.0 Å². The van der Waals surface area contributed by atoms with Gasteiger partial charge in [0.25, 0.3) is 0 Å². The highest BCUT2D eigenvalue weighted by Gasteiger charge is 2.16. The Bertz CT molecular complexity index is 911. The van der Waals surface area contributed by atoms with Gasteiger partial charge in [0, 0.05) is 11.9 Å². The molecule has 0 aliphatic carbocycles. The van der Waals surface area contributed by atoms with Crippen LogP contribution in [0.4, 0.5) is 4.79 Å². The molecule has 0 aromatic heterocycles. The van der Waals surface area contributed by atoms with Gasteiger partial charge in [0.15, 0.2) is 0 Å². The molecule has 0 heterocycles. The third kappa shape index (κ3) is 7.31. The van der Waals surface area contributed by atoms with Gasteiger partial charge in [-0.1, -0.05) is 48.0 Å². The van der Waals surface area contributed by atoms with Gasteiger partial charge in [0.05, 0.1) is 7.11 Å². The van der Waals surface area contributed by atoms with E-state index in [1.165, 1.54) is 20.1 Å². The van der Waals surface area contributed by atoms with Crippen molar-refractivity contribution in [3.63, 3.8) is 0 Å². The third-order valence-electron chi connectivity index (χ3n) is 3.69. The Morgan fingerprint density at radius 2 is 1.76 bits per heavy atom. The van der Waals surface area contributed by atoms with Crippen molar-refractivity contribution in [3.8, 4) is 0 Å². The maximum Gasteiger partial charge on any atom is 0.412 e. The number of rotatable bonds is 7. The maximum absolute atomic E-state index is 12.1. The highest BCUT2D eigenvalue weighted by molar-refractivity contribution is 6.30. The molecule has 1 N–H and O–H groups in total. The van der Waals surface area contributed by atoms with E-state index >= 15 is 0 Å². The van der Waals surface area contributed by atoms with Gasteiger partial charge in [0.2, 0.25) is 0 Å². The fourth-order valence-corrected chi connectivity index (χ4v) is 2.49. The highest BCUT2D eigenvalue weighted by Crippen LogP contribution is 2.20. The molecule has 0 saturated carbocycles. The predicted molar refractivity (Wildman–Crippen MR) is 107 cm³/mol. The van der Waals surface area contributed by atoms with E-state index in [4.69, 9.17) is 25.8 Å². The summed E-state index contributed by atoms with van der Waals surface area (Å²) in [4.78, 5) is 35.3. The third-order valence-corrected chi connectivity index (χ3v) is 3.93. The second-order valence-corrected chi connectivity index (χ2v) is 6.30. The molecule has 8 heteroatoms. The minimum atomic E-state index is -0.819. The zero-order valence-electron chi connectivity index (χ0n) is 15.9. The van der Waals surface area contributed by atoms with Crippen LogP contribution in [0.3, 0.4) is 0 Å². The lowest BCUT2D eigenvalue weighted by molar-refractivity contribution is -0.142. The fraction of sp³-hybridized carbons (Fsp3) is 0.190. The quantitative estimate of drug-likeness (QED) is 0.418. The fourth-order valence-electron chi connectivity index (χ4n) is 2.30. The highest BCUT2D eigenvalue weighted by atomic mass is 35.5. The number of amides is 1. The molecule has 152 valence electrons. The van der Waals surface area contributed by atoms with Crippen molar-refractivity contribution in [2.45, 2.75) is 20.1 Å². The summed E-state index contributed by atoms with van der Waals surface area (Å²) in [5.74, 6) is -1.23. The Hall–Kier alpha value is -3.32. The van der Waals surface area contributed by atoms with Gasteiger partial charge in [-0.15, -0.1) is 0 Å². The van der Waals surface area contributed by atoms with E-state index in [1.807, 2.05) is 18.2 Å². The van der Waals surface area contributed by atoms with Crippen molar-refractivity contribution < 1.29 is 28.6 Å². The number of esters is 2. The van der Waals surface area contributed by atoms with Crippen LogP contribution in [0.25, 0.3) is 6.08 Å². The smallest absolute Gasteiger partial charge is 0.412 e. The summed E-state index contributed by atoms with van der Waals surface area (Å²) in [6, 6.07) is 13.9.